The fourth-order valence-corrected chi connectivity index (χ4v) is 4.03. The summed E-state index contributed by atoms with van der Waals surface area (Å²) in [6, 6.07) is 9.25. The smallest absolute Gasteiger partial charge is 0.274 e. The summed E-state index contributed by atoms with van der Waals surface area (Å²) in [5.74, 6) is 0. The average Bonchev–Trinajstić information content (AvgIpc) is 2.45. The van der Waals surface area contributed by atoms with Crippen molar-refractivity contribution in [2.24, 2.45) is 5.14 Å². The van der Waals surface area contributed by atoms with Gasteiger partial charge >= 0.3 is 0 Å². The molecule has 0 bridgehead atoms. The Balaban J connectivity index is 0.00000208. The molecule has 1 aliphatic heterocycles. The fraction of sp³-hybridized carbons (Fsp3) is 0.400. The van der Waals surface area contributed by atoms with Crippen LogP contribution in [0.25, 0.3) is 10.9 Å². The van der Waals surface area contributed by atoms with Gasteiger partial charge in [0.25, 0.3) is 10.2 Å². The topological polar surface area (TPSA) is 108 Å². The number of fused-ring (bicyclic) bond motifs is 1. The quantitative estimate of drug-likeness (QED) is 0.749. The molecule has 24 heavy (non-hydrogen) atoms. The maximum Gasteiger partial charge on any atom is 0.274 e. The maximum absolute atomic E-state index is 11.9. The van der Waals surface area contributed by atoms with Crippen molar-refractivity contribution >= 4 is 39.2 Å². The lowest BCUT2D eigenvalue weighted by Gasteiger charge is -2.40. The van der Waals surface area contributed by atoms with E-state index in [-0.39, 0.29) is 18.0 Å². The van der Waals surface area contributed by atoms with Gasteiger partial charge in [-0.05, 0) is 25.8 Å². The summed E-state index contributed by atoms with van der Waals surface area (Å²) in [6.45, 7) is 3.14. The second-order valence-electron chi connectivity index (χ2n) is 6.26. The van der Waals surface area contributed by atoms with Crippen LogP contribution in [0.2, 0.25) is 0 Å². The molecule has 9 heteroatoms. The van der Waals surface area contributed by atoms with E-state index >= 15 is 0 Å². The zero-order valence-corrected chi connectivity index (χ0v) is 14.9. The highest BCUT2D eigenvalue weighted by Gasteiger charge is 2.33. The molecule has 1 aromatic carbocycles. The number of hydrogen-bond donors (Lipinski definition) is 3. The van der Waals surface area contributed by atoms with Gasteiger partial charge < -0.3 is 9.88 Å². The van der Waals surface area contributed by atoms with E-state index in [1.165, 1.54) is 0 Å². The average molecular weight is 373 g/mol. The lowest BCUT2D eigenvalue weighted by Crippen LogP contribution is -2.55. The van der Waals surface area contributed by atoms with Gasteiger partial charge in [-0.3, -0.25) is 4.79 Å². The van der Waals surface area contributed by atoms with Crippen molar-refractivity contribution in [3.63, 3.8) is 0 Å². The van der Waals surface area contributed by atoms with Crippen molar-refractivity contribution in [3.05, 3.63) is 40.7 Å². The highest BCUT2D eigenvalue weighted by atomic mass is 35.5. The van der Waals surface area contributed by atoms with Crippen molar-refractivity contribution in [2.75, 3.05) is 18.0 Å². The fourth-order valence-electron chi connectivity index (χ4n) is 3.13. The molecular formula is C15H21ClN4O3S. The number of piperidine rings is 1. The molecule has 1 fully saturated rings. The molecule has 7 nitrogen and oxygen atoms in total. The molecule has 2 aromatic rings. The normalized spacial score (nSPS) is 17.5. The standard InChI is InChI=1S/C15H20N4O3S.ClH/c1-15(18-23(16,21)22)6-8-19(9-7-15)13-10-14(20)17-12-5-3-2-4-11(12)13;/h2-5,10,18H,6-9H2,1H3,(H,17,20)(H2,16,21,22);1H. The molecule has 132 valence electrons. The minimum Gasteiger partial charge on any atom is -0.371 e. The Bertz CT molecular complexity index is 889. The summed E-state index contributed by atoms with van der Waals surface area (Å²) < 4.78 is 25.1. The van der Waals surface area contributed by atoms with E-state index in [0.717, 1.165) is 16.6 Å². The number of rotatable bonds is 3. The zero-order valence-electron chi connectivity index (χ0n) is 13.3. The van der Waals surface area contributed by atoms with Crippen molar-refractivity contribution in [1.29, 1.82) is 0 Å². The molecule has 0 unspecified atom stereocenters. The van der Waals surface area contributed by atoms with Crippen LogP contribution in [0.5, 0.6) is 0 Å². The summed E-state index contributed by atoms with van der Waals surface area (Å²) in [6.07, 6.45) is 1.23. The number of nitrogens with one attached hydrogen (secondary N) is 2. The van der Waals surface area contributed by atoms with Gasteiger partial charge in [0.1, 0.15) is 0 Å². The Kier molecular flexibility index (Phi) is 5.24. The molecule has 0 atom stereocenters. The Labute approximate surface area is 146 Å². The van der Waals surface area contributed by atoms with E-state index in [2.05, 4.69) is 14.6 Å². The minimum absolute atomic E-state index is 0. The van der Waals surface area contributed by atoms with Crippen LogP contribution in [-0.4, -0.2) is 32.0 Å². The van der Waals surface area contributed by atoms with Crippen LogP contribution < -0.4 is 20.3 Å². The number of aromatic nitrogens is 1. The second kappa shape index (κ2) is 6.72. The summed E-state index contributed by atoms with van der Waals surface area (Å²) in [7, 11) is -3.73. The number of para-hydroxylation sites is 1. The Hall–Kier alpha value is -1.61. The van der Waals surface area contributed by atoms with Gasteiger partial charge in [0.05, 0.1) is 11.2 Å². The Morgan fingerprint density at radius 3 is 2.50 bits per heavy atom. The number of benzene rings is 1. The number of anilines is 1. The first-order chi connectivity index (χ1) is 10.8. The van der Waals surface area contributed by atoms with Crippen LogP contribution in [-0.2, 0) is 10.2 Å². The molecule has 1 aromatic heterocycles. The predicted molar refractivity (Wildman–Crippen MR) is 97.9 cm³/mol. The van der Waals surface area contributed by atoms with Gasteiger partial charge in [-0.1, -0.05) is 18.2 Å². The van der Waals surface area contributed by atoms with Crippen LogP contribution in [0.15, 0.2) is 35.1 Å². The van der Waals surface area contributed by atoms with E-state index in [1.807, 2.05) is 31.2 Å². The second-order valence-corrected chi connectivity index (χ2v) is 7.55. The summed E-state index contributed by atoms with van der Waals surface area (Å²) >= 11 is 0. The van der Waals surface area contributed by atoms with E-state index in [4.69, 9.17) is 5.14 Å². The molecule has 3 rings (SSSR count). The van der Waals surface area contributed by atoms with Crippen LogP contribution >= 0.6 is 12.4 Å². The van der Waals surface area contributed by atoms with Crippen molar-refractivity contribution in [3.8, 4) is 0 Å². The third-order valence-corrected chi connectivity index (χ3v) is 5.10. The largest absolute Gasteiger partial charge is 0.371 e. The molecule has 0 spiro atoms. The van der Waals surface area contributed by atoms with E-state index in [9.17, 15) is 13.2 Å². The molecular weight excluding hydrogens is 352 g/mol. The third-order valence-electron chi connectivity index (χ3n) is 4.33. The van der Waals surface area contributed by atoms with Gasteiger partial charge in [-0.2, -0.15) is 13.1 Å². The lowest BCUT2D eigenvalue weighted by molar-refractivity contribution is 0.330. The molecule has 1 aliphatic rings. The summed E-state index contributed by atoms with van der Waals surface area (Å²) in [5, 5.41) is 6.08. The van der Waals surface area contributed by atoms with Crippen molar-refractivity contribution in [2.45, 2.75) is 25.3 Å². The molecule has 0 saturated carbocycles. The van der Waals surface area contributed by atoms with Gasteiger partial charge in [0, 0.05) is 30.1 Å². The summed E-state index contributed by atoms with van der Waals surface area (Å²) in [5.41, 5.74) is 0.976. The monoisotopic (exact) mass is 372 g/mol. The van der Waals surface area contributed by atoms with Crippen molar-refractivity contribution in [1.82, 2.24) is 9.71 Å². The maximum atomic E-state index is 11.9. The van der Waals surface area contributed by atoms with Crippen LogP contribution in [0.4, 0.5) is 5.69 Å². The lowest BCUT2D eigenvalue weighted by atomic mass is 9.90. The van der Waals surface area contributed by atoms with Crippen molar-refractivity contribution < 1.29 is 8.42 Å². The van der Waals surface area contributed by atoms with Crippen LogP contribution in [0, 0.1) is 0 Å². The molecule has 2 heterocycles. The first-order valence-electron chi connectivity index (χ1n) is 7.45. The molecule has 0 aliphatic carbocycles. The Morgan fingerprint density at radius 2 is 1.88 bits per heavy atom. The van der Waals surface area contributed by atoms with E-state index < -0.39 is 15.7 Å². The number of pyridine rings is 1. The Morgan fingerprint density at radius 1 is 1.25 bits per heavy atom. The number of aromatic amines is 1. The summed E-state index contributed by atoms with van der Waals surface area (Å²) in [4.78, 5) is 16.8. The molecule has 0 amide bonds. The first-order valence-corrected chi connectivity index (χ1v) is 8.99. The van der Waals surface area contributed by atoms with Gasteiger partial charge in [-0.25, -0.2) is 5.14 Å². The first kappa shape index (κ1) is 18.7. The minimum atomic E-state index is -3.73. The SMILES string of the molecule is CC1(NS(N)(=O)=O)CCN(c2cc(=O)[nH]c3ccccc23)CC1.Cl. The van der Waals surface area contributed by atoms with Gasteiger partial charge in [0.15, 0.2) is 0 Å². The number of H-pyrrole nitrogens is 1. The number of hydrogen-bond acceptors (Lipinski definition) is 4. The number of halogens is 1. The number of nitrogens with zero attached hydrogens (tertiary/aromatic N) is 1. The van der Waals surface area contributed by atoms with E-state index in [1.54, 1.807) is 6.07 Å². The highest BCUT2D eigenvalue weighted by molar-refractivity contribution is 7.87. The highest BCUT2D eigenvalue weighted by Crippen LogP contribution is 2.29. The molecule has 4 N–H and O–H groups in total. The molecule has 1 saturated heterocycles. The van der Waals surface area contributed by atoms with Gasteiger partial charge in [-0.15, -0.1) is 12.4 Å². The van der Waals surface area contributed by atoms with Gasteiger partial charge in [0.2, 0.25) is 5.56 Å². The zero-order chi connectivity index (χ0) is 16.7. The molecule has 0 radical (unpaired) electrons. The third kappa shape index (κ3) is 4.07. The van der Waals surface area contributed by atoms with Crippen LogP contribution in [0.1, 0.15) is 19.8 Å². The number of nitrogens with two attached hydrogens (primary N) is 1. The van der Waals surface area contributed by atoms with E-state index in [0.29, 0.717) is 25.9 Å². The predicted octanol–water partition coefficient (Wildman–Crippen LogP) is 1.10. The van der Waals surface area contributed by atoms with Crippen LogP contribution in [0.3, 0.4) is 0 Å².